The van der Waals surface area contributed by atoms with Crippen molar-refractivity contribution in [1.29, 1.82) is 0 Å². The predicted octanol–water partition coefficient (Wildman–Crippen LogP) is 1.58. The third kappa shape index (κ3) is 2.95. The Morgan fingerprint density at radius 1 is 1.24 bits per heavy atom. The third-order valence-electron chi connectivity index (χ3n) is 1.98. The van der Waals surface area contributed by atoms with Crippen molar-refractivity contribution < 1.29 is 9.53 Å². The first kappa shape index (κ1) is 15.4. The SMILES string of the molecule is COc1nc(C(N)=O)nc2ccccc12.Cl.Cl. The van der Waals surface area contributed by atoms with Crippen molar-refractivity contribution in [3.05, 3.63) is 30.1 Å². The molecule has 0 fully saturated rings. The lowest BCUT2D eigenvalue weighted by molar-refractivity contribution is 0.0990. The van der Waals surface area contributed by atoms with E-state index < -0.39 is 5.91 Å². The van der Waals surface area contributed by atoms with E-state index in [0.717, 1.165) is 5.39 Å². The highest BCUT2D eigenvalue weighted by molar-refractivity contribution is 5.93. The molecule has 0 aliphatic rings. The smallest absolute Gasteiger partial charge is 0.286 e. The molecule has 5 nitrogen and oxygen atoms in total. The standard InChI is InChI=1S/C10H9N3O2.2ClH/c1-15-10-6-4-2-3-5-7(6)12-9(13-10)8(11)14;;/h2-5H,1H3,(H2,11,14);2*1H. The molecule has 1 aromatic carbocycles. The first-order chi connectivity index (χ1) is 7.22. The maximum Gasteiger partial charge on any atom is 0.286 e. The number of nitrogens with zero attached hydrogens (tertiary/aromatic N) is 2. The third-order valence-corrected chi connectivity index (χ3v) is 1.98. The molecule has 92 valence electrons. The topological polar surface area (TPSA) is 78.1 Å². The van der Waals surface area contributed by atoms with Gasteiger partial charge in [0.05, 0.1) is 18.0 Å². The van der Waals surface area contributed by atoms with Gasteiger partial charge in [-0.15, -0.1) is 24.8 Å². The molecule has 7 heteroatoms. The van der Waals surface area contributed by atoms with Crippen molar-refractivity contribution in [3.8, 4) is 5.88 Å². The lowest BCUT2D eigenvalue weighted by atomic mass is 10.2. The van der Waals surface area contributed by atoms with Crippen LogP contribution in [0.4, 0.5) is 0 Å². The highest BCUT2D eigenvalue weighted by Crippen LogP contribution is 2.21. The summed E-state index contributed by atoms with van der Waals surface area (Å²) in [5.74, 6) is -0.348. The van der Waals surface area contributed by atoms with Gasteiger partial charge in [-0.2, -0.15) is 4.98 Å². The number of rotatable bonds is 2. The fourth-order valence-corrected chi connectivity index (χ4v) is 1.31. The van der Waals surface area contributed by atoms with Gasteiger partial charge in [0.25, 0.3) is 5.91 Å². The van der Waals surface area contributed by atoms with Crippen LogP contribution in [0.25, 0.3) is 10.9 Å². The van der Waals surface area contributed by atoms with Crippen LogP contribution in [-0.4, -0.2) is 23.0 Å². The molecule has 17 heavy (non-hydrogen) atoms. The quantitative estimate of drug-likeness (QED) is 0.903. The molecule has 1 heterocycles. The summed E-state index contributed by atoms with van der Waals surface area (Å²) in [6.45, 7) is 0. The van der Waals surface area contributed by atoms with E-state index in [-0.39, 0.29) is 30.6 Å². The summed E-state index contributed by atoms with van der Waals surface area (Å²) >= 11 is 0. The number of ether oxygens (including phenoxy) is 1. The van der Waals surface area contributed by atoms with E-state index in [4.69, 9.17) is 10.5 Å². The number of amides is 1. The molecule has 0 bridgehead atoms. The zero-order valence-corrected chi connectivity index (χ0v) is 10.5. The number of carbonyl (C=O) groups excluding carboxylic acids is 1. The fraction of sp³-hybridized carbons (Fsp3) is 0.100. The Bertz CT molecular complexity index is 534. The lowest BCUT2D eigenvalue weighted by Crippen LogP contribution is -2.15. The van der Waals surface area contributed by atoms with Gasteiger partial charge < -0.3 is 10.5 Å². The summed E-state index contributed by atoms with van der Waals surface area (Å²) in [6, 6.07) is 7.25. The van der Waals surface area contributed by atoms with E-state index in [9.17, 15) is 4.79 Å². The predicted molar refractivity (Wildman–Crippen MR) is 69.1 cm³/mol. The van der Waals surface area contributed by atoms with Crippen molar-refractivity contribution in [1.82, 2.24) is 9.97 Å². The summed E-state index contributed by atoms with van der Waals surface area (Å²) in [5, 5.41) is 0.755. The average molecular weight is 276 g/mol. The van der Waals surface area contributed by atoms with Crippen molar-refractivity contribution >= 4 is 41.6 Å². The molecular weight excluding hydrogens is 265 g/mol. The molecule has 0 unspecified atom stereocenters. The average Bonchev–Trinajstić information content (AvgIpc) is 2.27. The van der Waals surface area contributed by atoms with Gasteiger partial charge in [-0.25, -0.2) is 4.98 Å². The number of fused-ring (bicyclic) bond motifs is 1. The highest BCUT2D eigenvalue weighted by Gasteiger charge is 2.10. The first-order valence-corrected chi connectivity index (χ1v) is 4.33. The van der Waals surface area contributed by atoms with Crippen LogP contribution in [0.15, 0.2) is 24.3 Å². The zero-order valence-electron chi connectivity index (χ0n) is 8.91. The maximum atomic E-state index is 11.0. The van der Waals surface area contributed by atoms with Crippen LogP contribution in [0.5, 0.6) is 5.88 Å². The number of primary amides is 1. The molecule has 0 saturated carbocycles. The minimum absolute atomic E-state index is 0. The van der Waals surface area contributed by atoms with Crippen molar-refractivity contribution in [2.45, 2.75) is 0 Å². The van der Waals surface area contributed by atoms with Crippen LogP contribution < -0.4 is 10.5 Å². The molecule has 1 amide bonds. The second-order valence-electron chi connectivity index (χ2n) is 2.94. The summed E-state index contributed by atoms with van der Waals surface area (Å²) in [5.41, 5.74) is 5.75. The highest BCUT2D eigenvalue weighted by atomic mass is 35.5. The Kier molecular flexibility index (Phi) is 5.64. The van der Waals surface area contributed by atoms with Crippen molar-refractivity contribution in [3.63, 3.8) is 0 Å². The molecule has 0 saturated heterocycles. The van der Waals surface area contributed by atoms with Gasteiger partial charge >= 0.3 is 0 Å². The number of hydrogen-bond donors (Lipinski definition) is 1. The van der Waals surface area contributed by atoms with E-state index in [1.807, 2.05) is 18.2 Å². The van der Waals surface area contributed by atoms with Crippen LogP contribution in [0.1, 0.15) is 10.6 Å². The van der Waals surface area contributed by atoms with Crippen LogP contribution in [-0.2, 0) is 0 Å². The number of halogens is 2. The Labute approximate surface area is 110 Å². The number of methoxy groups -OCH3 is 1. The van der Waals surface area contributed by atoms with Crippen LogP contribution >= 0.6 is 24.8 Å². The Morgan fingerprint density at radius 2 is 1.88 bits per heavy atom. The molecule has 0 aliphatic heterocycles. The summed E-state index contributed by atoms with van der Waals surface area (Å²) in [6.07, 6.45) is 0. The molecule has 2 aromatic rings. The normalized spacial score (nSPS) is 9.00. The van der Waals surface area contributed by atoms with Crippen molar-refractivity contribution in [2.75, 3.05) is 7.11 Å². The molecule has 2 N–H and O–H groups in total. The number of aromatic nitrogens is 2. The maximum absolute atomic E-state index is 11.0. The van der Waals surface area contributed by atoms with Gasteiger partial charge in [0.1, 0.15) is 0 Å². The second-order valence-corrected chi connectivity index (χ2v) is 2.94. The first-order valence-electron chi connectivity index (χ1n) is 4.33. The van der Waals surface area contributed by atoms with E-state index in [0.29, 0.717) is 11.4 Å². The monoisotopic (exact) mass is 275 g/mol. The molecule has 2 rings (SSSR count). The van der Waals surface area contributed by atoms with E-state index in [1.165, 1.54) is 7.11 Å². The molecule has 0 spiro atoms. The van der Waals surface area contributed by atoms with E-state index in [1.54, 1.807) is 6.07 Å². The van der Waals surface area contributed by atoms with Crippen LogP contribution in [0.3, 0.4) is 0 Å². The van der Waals surface area contributed by atoms with Gasteiger partial charge in [-0.3, -0.25) is 4.79 Å². The molecular formula is C10H11Cl2N3O2. The van der Waals surface area contributed by atoms with Gasteiger partial charge in [0.2, 0.25) is 11.7 Å². The van der Waals surface area contributed by atoms with Crippen LogP contribution in [0.2, 0.25) is 0 Å². The van der Waals surface area contributed by atoms with Gasteiger partial charge in [-0.1, -0.05) is 12.1 Å². The minimum atomic E-state index is -0.668. The van der Waals surface area contributed by atoms with Gasteiger partial charge in [0.15, 0.2) is 0 Å². The van der Waals surface area contributed by atoms with Gasteiger partial charge in [0, 0.05) is 0 Å². The minimum Gasteiger partial charge on any atom is -0.480 e. The van der Waals surface area contributed by atoms with E-state index in [2.05, 4.69) is 9.97 Å². The molecule has 0 aliphatic carbocycles. The lowest BCUT2D eigenvalue weighted by Gasteiger charge is -2.04. The second kappa shape index (κ2) is 6.22. The van der Waals surface area contributed by atoms with Crippen molar-refractivity contribution in [2.24, 2.45) is 5.73 Å². The molecule has 0 atom stereocenters. The zero-order chi connectivity index (χ0) is 10.8. The van der Waals surface area contributed by atoms with Crippen LogP contribution in [0, 0.1) is 0 Å². The Morgan fingerprint density at radius 3 is 2.47 bits per heavy atom. The number of carbonyl (C=O) groups is 1. The van der Waals surface area contributed by atoms with Gasteiger partial charge in [-0.05, 0) is 12.1 Å². The number of benzene rings is 1. The Hall–Kier alpha value is -1.59. The molecule has 0 radical (unpaired) electrons. The summed E-state index contributed by atoms with van der Waals surface area (Å²) in [7, 11) is 1.49. The van der Waals surface area contributed by atoms with E-state index >= 15 is 0 Å². The Balaban J connectivity index is 0.00000128. The summed E-state index contributed by atoms with van der Waals surface area (Å²) in [4.78, 5) is 18.9. The number of hydrogen-bond acceptors (Lipinski definition) is 4. The number of para-hydroxylation sites is 1. The molecule has 1 aromatic heterocycles. The number of nitrogens with two attached hydrogens (primary N) is 1. The summed E-state index contributed by atoms with van der Waals surface area (Å²) < 4.78 is 5.06. The fourth-order valence-electron chi connectivity index (χ4n) is 1.31. The largest absolute Gasteiger partial charge is 0.480 e.